The second kappa shape index (κ2) is 7.74. The third-order valence-electron chi connectivity index (χ3n) is 3.07. The fourth-order valence-electron chi connectivity index (χ4n) is 2.07. The van der Waals surface area contributed by atoms with Crippen LogP contribution in [-0.2, 0) is 11.3 Å². The van der Waals surface area contributed by atoms with Gasteiger partial charge in [-0.05, 0) is 17.7 Å². The van der Waals surface area contributed by atoms with Crippen LogP contribution in [0.5, 0.6) is 0 Å². The van der Waals surface area contributed by atoms with E-state index < -0.39 is 0 Å². The van der Waals surface area contributed by atoms with Gasteiger partial charge in [0.05, 0.1) is 0 Å². The van der Waals surface area contributed by atoms with Crippen molar-refractivity contribution in [2.24, 2.45) is 0 Å². The van der Waals surface area contributed by atoms with Gasteiger partial charge in [0, 0.05) is 45.8 Å². The van der Waals surface area contributed by atoms with Crippen LogP contribution >= 0.6 is 0 Å². The van der Waals surface area contributed by atoms with E-state index in [0.717, 1.165) is 32.7 Å². The Bertz CT molecular complexity index is 400. The number of anilines is 1. The molecule has 0 atom stereocenters. The van der Waals surface area contributed by atoms with Gasteiger partial charge in [-0.2, -0.15) is 0 Å². The number of nitrogens with zero attached hydrogens (tertiary/aromatic N) is 3. The predicted octanol–water partition coefficient (Wildman–Crippen LogP) is 1.35. The molecule has 0 bridgehead atoms. The zero-order chi connectivity index (χ0) is 14.3. The van der Waals surface area contributed by atoms with Crippen molar-refractivity contribution in [1.82, 2.24) is 14.8 Å². The smallest absolute Gasteiger partial charge is 0.219 e. The fraction of sp³-hybridized carbons (Fsp3) is 0.571. The third kappa shape index (κ3) is 4.87. The van der Waals surface area contributed by atoms with E-state index >= 15 is 0 Å². The zero-order valence-electron chi connectivity index (χ0n) is 12.1. The number of nitrogen functional groups attached to an aromatic ring is 1. The van der Waals surface area contributed by atoms with Gasteiger partial charge in [0.15, 0.2) is 0 Å². The van der Waals surface area contributed by atoms with Crippen molar-refractivity contribution in [3.63, 3.8) is 0 Å². The Labute approximate surface area is 115 Å². The highest BCUT2D eigenvalue weighted by Crippen LogP contribution is 2.09. The van der Waals surface area contributed by atoms with Crippen LogP contribution in [0.1, 0.15) is 26.3 Å². The molecular formula is C14H24N4O. The number of amides is 1. The quantitative estimate of drug-likeness (QED) is 0.876. The monoisotopic (exact) mass is 264 g/mol. The van der Waals surface area contributed by atoms with E-state index in [1.54, 1.807) is 13.1 Å². The van der Waals surface area contributed by atoms with Crippen molar-refractivity contribution in [1.29, 1.82) is 0 Å². The molecule has 5 heteroatoms. The lowest BCUT2D eigenvalue weighted by atomic mass is 10.2. The number of hydrogen-bond donors (Lipinski definition) is 1. The van der Waals surface area contributed by atoms with Crippen molar-refractivity contribution in [3.05, 3.63) is 23.9 Å². The van der Waals surface area contributed by atoms with Gasteiger partial charge in [-0.1, -0.05) is 13.8 Å². The Morgan fingerprint density at radius 3 is 2.47 bits per heavy atom. The highest BCUT2D eigenvalue weighted by molar-refractivity contribution is 5.73. The molecule has 106 valence electrons. The number of carbonyl (C=O) groups excluding carboxylic acids is 1. The van der Waals surface area contributed by atoms with Crippen molar-refractivity contribution in [2.45, 2.75) is 27.3 Å². The van der Waals surface area contributed by atoms with Gasteiger partial charge in [-0.15, -0.1) is 0 Å². The molecule has 2 heterocycles. The molecule has 2 N–H and O–H groups in total. The molecular weight excluding hydrogens is 240 g/mol. The average molecular weight is 264 g/mol. The van der Waals surface area contributed by atoms with Gasteiger partial charge in [-0.3, -0.25) is 9.69 Å². The van der Waals surface area contributed by atoms with Gasteiger partial charge in [0.1, 0.15) is 5.82 Å². The lowest BCUT2D eigenvalue weighted by molar-refractivity contribution is -0.130. The first-order valence-corrected chi connectivity index (χ1v) is 6.83. The first-order valence-electron chi connectivity index (χ1n) is 6.83. The number of pyridine rings is 1. The maximum absolute atomic E-state index is 11.2. The molecule has 0 radical (unpaired) electrons. The van der Waals surface area contributed by atoms with E-state index in [1.165, 1.54) is 5.56 Å². The van der Waals surface area contributed by atoms with E-state index in [9.17, 15) is 4.79 Å². The SMILES string of the molecule is CC.CC(=O)N1CCN(Cc2ccnc(N)c2)CC1. The van der Waals surface area contributed by atoms with Crippen LogP contribution in [0, 0.1) is 0 Å². The van der Waals surface area contributed by atoms with E-state index in [-0.39, 0.29) is 5.91 Å². The van der Waals surface area contributed by atoms with Crippen LogP contribution in [0.15, 0.2) is 18.3 Å². The molecule has 1 aliphatic rings. The summed E-state index contributed by atoms with van der Waals surface area (Å²) in [7, 11) is 0. The molecule has 19 heavy (non-hydrogen) atoms. The van der Waals surface area contributed by atoms with Gasteiger partial charge in [0.25, 0.3) is 0 Å². The minimum atomic E-state index is 0.165. The Kier molecular flexibility index (Phi) is 6.29. The van der Waals surface area contributed by atoms with E-state index in [2.05, 4.69) is 9.88 Å². The fourth-order valence-corrected chi connectivity index (χ4v) is 2.07. The molecule has 1 amide bonds. The molecule has 1 aromatic heterocycles. The number of rotatable bonds is 2. The second-order valence-corrected chi connectivity index (χ2v) is 4.37. The molecule has 1 aliphatic heterocycles. The highest BCUT2D eigenvalue weighted by atomic mass is 16.2. The Balaban J connectivity index is 0.000000861. The largest absolute Gasteiger partial charge is 0.384 e. The molecule has 1 fully saturated rings. The van der Waals surface area contributed by atoms with Crippen LogP contribution in [-0.4, -0.2) is 46.9 Å². The standard InChI is InChI=1S/C12H18N4O.C2H6/c1-10(17)16-6-4-15(5-7-16)9-11-2-3-14-12(13)8-11;1-2/h2-3,8H,4-7,9H2,1H3,(H2,13,14);1-2H3. The molecule has 5 nitrogen and oxygen atoms in total. The van der Waals surface area contributed by atoms with Crippen molar-refractivity contribution in [2.75, 3.05) is 31.9 Å². The third-order valence-corrected chi connectivity index (χ3v) is 3.07. The number of carbonyl (C=O) groups is 1. The van der Waals surface area contributed by atoms with Crippen LogP contribution in [0.25, 0.3) is 0 Å². The first-order chi connectivity index (χ1) is 9.15. The number of piperazine rings is 1. The maximum Gasteiger partial charge on any atom is 0.219 e. The van der Waals surface area contributed by atoms with E-state index in [4.69, 9.17) is 5.73 Å². The molecule has 2 rings (SSSR count). The number of aromatic nitrogens is 1. The van der Waals surface area contributed by atoms with Crippen LogP contribution in [0.3, 0.4) is 0 Å². The van der Waals surface area contributed by atoms with Gasteiger partial charge in [-0.25, -0.2) is 4.98 Å². The Morgan fingerprint density at radius 2 is 1.95 bits per heavy atom. The van der Waals surface area contributed by atoms with E-state index in [0.29, 0.717) is 5.82 Å². The molecule has 0 unspecified atom stereocenters. The van der Waals surface area contributed by atoms with Crippen LogP contribution in [0.4, 0.5) is 5.82 Å². The van der Waals surface area contributed by atoms with Gasteiger partial charge in [0.2, 0.25) is 5.91 Å². The summed E-state index contributed by atoms with van der Waals surface area (Å²) in [5.41, 5.74) is 6.82. The molecule has 0 spiro atoms. The van der Waals surface area contributed by atoms with Crippen molar-refractivity contribution >= 4 is 11.7 Å². The topological polar surface area (TPSA) is 62.5 Å². The first kappa shape index (κ1) is 15.4. The Morgan fingerprint density at radius 1 is 1.32 bits per heavy atom. The predicted molar refractivity (Wildman–Crippen MR) is 77.5 cm³/mol. The molecule has 0 aliphatic carbocycles. The summed E-state index contributed by atoms with van der Waals surface area (Å²) in [4.78, 5) is 19.4. The summed E-state index contributed by atoms with van der Waals surface area (Å²) in [5, 5.41) is 0. The van der Waals surface area contributed by atoms with Gasteiger partial charge >= 0.3 is 0 Å². The second-order valence-electron chi connectivity index (χ2n) is 4.37. The molecule has 0 aromatic carbocycles. The highest BCUT2D eigenvalue weighted by Gasteiger charge is 2.18. The molecule has 1 saturated heterocycles. The van der Waals surface area contributed by atoms with Crippen LogP contribution < -0.4 is 5.73 Å². The minimum absolute atomic E-state index is 0.165. The summed E-state index contributed by atoms with van der Waals surface area (Å²) in [5.74, 6) is 0.725. The number of hydrogen-bond acceptors (Lipinski definition) is 4. The summed E-state index contributed by atoms with van der Waals surface area (Å²) >= 11 is 0. The van der Waals surface area contributed by atoms with Crippen molar-refractivity contribution in [3.8, 4) is 0 Å². The maximum atomic E-state index is 11.2. The van der Waals surface area contributed by atoms with E-state index in [1.807, 2.05) is 30.9 Å². The summed E-state index contributed by atoms with van der Waals surface area (Å²) in [6.45, 7) is 9.97. The van der Waals surface area contributed by atoms with Crippen molar-refractivity contribution < 1.29 is 4.79 Å². The van der Waals surface area contributed by atoms with Crippen LogP contribution in [0.2, 0.25) is 0 Å². The Hall–Kier alpha value is -1.62. The average Bonchev–Trinajstić information content (AvgIpc) is 2.41. The zero-order valence-corrected chi connectivity index (χ0v) is 12.1. The molecule has 1 aromatic rings. The molecule has 0 saturated carbocycles. The number of nitrogens with two attached hydrogens (primary N) is 1. The van der Waals surface area contributed by atoms with Gasteiger partial charge < -0.3 is 10.6 Å². The summed E-state index contributed by atoms with van der Waals surface area (Å²) in [6.07, 6.45) is 1.73. The lowest BCUT2D eigenvalue weighted by Crippen LogP contribution is -2.47. The minimum Gasteiger partial charge on any atom is -0.384 e. The summed E-state index contributed by atoms with van der Waals surface area (Å²) < 4.78 is 0. The normalized spacial score (nSPS) is 15.6. The summed E-state index contributed by atoms with van der Waals surface area (Å²) in [6, 6.07) is 3.88. The lowest BCUT2D eigenvalue weighted by Gasteiger charge is -2.34.